The summed E-state index contributed by atoms with van der Waals surface area (Å²) in [6.45, 7) is 1.89. The van der Waals surface area contributed by atoms with E-state index in [2.05, 4.69) is 10.5 Å². The lowest BCUT2D eigenvalue weighted by molar-refractivity contribution is -0.384. The van der Waals surface area contributed by atoms with E-state index in [-0.39, 0.29) is 39.3 Å². The van der Waals surface area contributed by atoms with Crippen molar-refractivity contribution in [1.29, 1.82) is 0 Å². The second-order valence-corrected chi connectivity index (χ2v) is 8.57. The minimum atomic E-state index is -4.16. The molecule has 1 N–H and O–H groups in total. The van der Waals surface area contributed by atoms with E-state index in [1.807, 2.05) is 0 Å². The number of hydrazone groups is 1. The van der Waals surface area contributed by atoms with Gasteiger partial charge in [-0.3, -0.25) is 14.9 Å². The SMILES string of the molecule is CCOc1cc(/C=N\NC(=O)c2cccc([N+](=O)[O-])c2)cc(Cl)c1OS(=O)(=O)c1ccccc1. The van der Waals surface area contributed by atoms with E-state index in [0.29, 0.717) is 5.56 Å². The van der Waals surface area contributed by atoms with Gasteiger partial charge in [0.2, 0.25) is 5.75 Å². The zero-order valence-electron chi connectivity index (χ0n) is 17.7. The van der Waals surface area contributed by atoms with Gasteiger partial charge in [-0.2, -0.15) is 13.5 Å². The van der Waals surface area contributed by atoms with Crippen molar-refractivity contribution in [2.45, 2.75) is 11.8 Å². The quantitative estimate of drug-likeness (QED) is 0.200. The zero-order valence-corrected chi connectivity index (χ0v) is 19.2. The number of benzene rings is 3. The number of hydrogen-bond donors (Lipinski definition) is 1. The van der Waals surface area contributed by atoms with Gasteiger partial charge in [0, 0.05) is 17.7 Å². The molecule has 176 valence electrons. The molecular weight excluding hydrogens is 486 g/mol. The number of non-ortho nitro benzene ring substituents is 1. The summed E-state index contributed by atoms with van der Waals surface area (Å²) in [7, 11) is -4.16. The fourth-order valence-electron chi connectivity index (χ4n) is 2.74. The first-order chi connectivity index (χ1) is 16.2. The van der Waals surface area contributed by atoms with Gasteiger partial charge in [-0.15, -0.1) is 0 Å². The second kappa shape index (κ2) is 10.8. The maximum absolute atomic E-state index is 12.6. The molecule has 0 bridgehead atoms. The predicted octanol–water partition coefficient (Wildman–Crippen LogP) is 4.18. The number of carbonyl (C=O) groups excluding carboxylic acids is 1. The summed E-state index contributed by atoms with van der Waals surface area (Å²) < 4.78 is 35.9. The average Bonchev–Trinajstić information content (AvgIpc) is 2.82. The van der Waals surface area contributed by atoms with E-state index in [1.54, 1.807) is 25.1 Å². The molecule has 0 saturated carbocycles. The van der Waals surface area contributed by atoms with Crippen molar-refractivity contribution in [3.63, 3.8) is 0 Å². The average molecular weight is 504 g/mol. The topological polar surface area (TPSA) is 137 Å². The fraction of sp³-hybridized carbons (Fsp3) is 0.0909. The lowest BCUT2D eigenvalue weighted by atomic mass is 10.2. The maximum atomic E-state index is 12.6. The minimum absolute atomic E-state index is 0.0502. The molecule has 0 unspecified atom stereocenters. The largest absolute Gasteiger partial charge is 0.490 e. The van der Waals surface area contributed by atoms with Crippen molar-refractivity contribution in [3.05, 3.63) is 93.0 Å². The van der Waals surface area contributed by atoms with Crippen LogP contribution in [0, 0.1) is 10.1 Å². The smallest absolute Gasteiger partial charge is 0.339 e. The molecule has 10 nitrogen and oxygen atoms in total. The van der Waals surface area contributed by atoms with Crippen LogP contribution >= 0.6 is 11.6 Å². The summed E-state index contributed by atoms with van der Waals surface area (Å²) in [5.41, 5.74) is 2.45. The Kier molecular flexibility index (Phi) is 7.82. The third-order valence-electron chi connectivity index (χ3n) is 4.26. The molecule has 0 radical (unpaired) electrons. The molecule has 3 aromatic rings. The van der Waals surface area contributed by atoms with Crippen LogP contribution in [0.15, 0.2) is 76.7 Å². The first-order valence-electron chi connectivity index (χ1n) is 9.75. The molecule has 0 heterocycles. The van der Waals surface area contributed by atoms with Crippen LogP contribution in [0.3, 0.4) is 0 Å². The predicted molar refractivity (Wildman–Crippen MR) is 125 cm³/mol. The van der Waals surface area contributed by atoms with E-state index in [9.17, 15) is 23.3 Å². The van der Waals surface area contributed by atoms with Crippen molar-refractivity contribution in [2.24, 2.45) is 5.10 Å². The van der Waals surface area contributed by atoms with E-state index in [0.717, 1.165) is 6.07 Å². The fourth-order valence-corrected chi connectivity index (χ4v) is 4.02. The van der Waals surface area contributed by atoms with Gasteiger partial charge in [0.15, 0.2) is 5.75 Å². The van der Waals surface area contributed by atoms with Crippen LogP contribution in [-0.4, -0.2) is 32.1 Å². The number of nitro benzene ring substituents is 1. The third-order valence-corrected chi connectivity index (χ3v) is 5.77. The van der Waals surface area contributed by atoms with Crippen molar-refractivity contribution >= 4 is 39.5 Å². The van der Waals surface area contributed by atoms with Gasteiger partial charge < -0.3 is 8.92 Å². The van der Waals surface area contributed by atoms with Crippen LogP contribution in [0.1, 0.15) is 22.8 Å². The number of nitro groups is 1. The Labute approximate surface area is 200 Å². The zero-order chi connectivity index (χ0) is 24.7. The molecule has 0 aliphatic carbocycles. The highest BCUT2D eigenvalue weighted by molar-refractivity contribution is 7.87. The highest BCUT2D eigenvalue weighted by Gasteiger charge is 2.22. The van der Waals surface area contributed by atoms with Gasteiger partial charge in [-0.25, -0.2) is 5.43 Å². The van der Waals surface area contributed by atoms with Gasteiger partial charge in [0.05, 0.1) is 22.8 Å². The van der Waals surface area contributed by atoms with E-state index in [4.69, 9.17) is 20.5 Å². The number of carbonyl (C=O) groups is 1. The van der Waals surface area contributed by atoms with Gasteiger partial charge in [0.25, 0.3) is 11.6 Å². The molecule has 3 rings (SSSR count). The van der Waals surface area contributed by atoms with Crippen molar-refractivity contribution in [1.82, 2.24) is 5.43 Å². The van der Waals surface area contributed by atoms with Crippen LogP contribution in [-0.2, 0) is 10.1 Å². The monoisotopic (exact) mass is 503 g/mol. The van der Waals surface area contributed by atoms with Gasteiger partial charge in [-0.05, 0) is 42.8 Å². The number of nitrogens with one attached hydrogen (secondary N) is 1. The van der Waals surface area contributed by atoms with Crippen LogP contribution < -0.4 is 14.3 Å². The highest BCUT2D eigenvalue weighted by atomic mass is 35.5. The number of ether oxygens (including phenoxy) is 1. The molecule has 0 aromatic heterocycles. The Hall–Kier alpha value is -3.96. The first kappa shape index (κ1) is 24.7. The van der Waals surface area contributed by atoms with Crippen LogP contribution in [0.25, 0.3) is 0 Å². The molecule has 0 saturated heterocycles. The Balaban J connectivity index is 1.81. The summed E-state index contributed by atoms with van der Waals surface area (Å²) in [5, 5.41) is 14.6. The lowest BCUT2D eigenvalue weighted by Crippen LogP contribution is -2.17. The Morgan fingerprint density at radius 2 is 1.88 bits per heavy atom. The molecule has 0 aliphatic rings. The van der Waals surface area contributed by atoms with Crippen molar-refractivity contribution in [3.8, 4) is 11.5 Å². The summed E-state index contributed by atoms with van der Waals surface area (Å²) in [6, 6.07) is 15.5. The Morgan fingerprint density at radius 3 is 2.56 bits per heavy atom. The summed E-state index contributed by atoms with van der Waals surface area (Å²) in [5.74, 6) is -0.795. The second-order valence-electron chi connectivity index (χ2n) is 6.62. The molecule has 0 aliphatic heterocycles. The summed E-state index contributed by atoms with van der Waals surface area (Å²) in [6.07, 6.45) is 1.25. The number of hydrogen-bond acceptors (Lipinski definition) is 8. The van der Waals surface area contributed by atoms with Crippen molar-refractivity contribution < 1.29 is 27.1 Å². The molecule has 0 spiro atoms. The standard InChI is InChI=1S/C22H18ClN3O7S/c1-2-32-20-12-15(14-24-25-22(27)16-7-6-8-17(13-16)26(28)29)11-19(23)21(20)33-34(30,31)18-9-4-3-5-10-18/h3-14H,2H2,1H3,(H,25,27)/b24-14-. The number of rotatable bonds is 9. The molecular formula is C22H18ClN3O7S. The van der Waals surface area contributed by atoms with E-state index >= 15 is 0 Å². The van der Waals surface area contributed by atoms with E-state index < -0.39 is 20.9 Å². The van der Waals surface area contributed by atoms with Crippen LogP contribution in [0.2, 0.25) is 5.02 Å². The van der Waals surface area contributed by atoms with Crippen LogP contribution in [0.4, 0.5) is 5.69 Å². The maximum Gasteiger partial charge on any atom is 0.339 e. The summed E-state index contributed by atoms with van der Waals surface area (Å²) >= 11 is 6.27. The van der Waals surface area contributed by atoms with Gasteiger partial charge in [-0.1, -0.05) is 35.9 Å². The normalized spacial score (nSPS) is 11.2. The molecule has 0 fully saturated rings. The molecule has 12 heteroatoms. The first-order valence-corrected chi connectivity index (χ1v) is 11.5. The lowest BCUT2D eigenvalue weighted by Gasteiger charge is -2.14. The van der Waals surface area contributed by atoms with Crippen LogP contribution in [0.5, 0.6) is 11.5 Å². The third kappa shape index (κ3) is 6.09. The molecule has 34 heavy (non-hydrogen) atoms. The minimum Gasteiger partial charge on any atom is -0.490 e. The molecule has 1 amide bonds. The number of nitrogens with zero attached hydrogens (tertiary/aromatic N) is 2. The number of halogens is 1. The molecule has 3 aromatic carbocycles. The number of amides is 1. The Morgan fingerprint density at radius 1 is 1.15 bits per heavy atom. The Bertz CT molecular complexity index is 1350. The summed E-state index contributed by atoms with van der Waals surface area (Å²) in [4.78, 5) is 22.4. The highest BCUT2D eigenvalue weighted by Crippen LogP contribution is 2.38. The van der Waals surface area contributed by atoms with Crippen molar-refractivity contribution in [2.75, 3.05) is 6.61 Å². The van der Waals surface area contributed by atoms with E-state index in [1.165, 1.54) is 48.7 Å². The molecule has 0 atom stereocenters. The van der Waals surface area contributed by atoms with Gasteiger partial charge >= 0.3 is 10.1 Å². The van der Waals surface area contributed by atoms with Gasteiger partial charge in [0.1, 0.15) is 4.90 Å².